The van der Waals surface area contributed by atoms with Crippen molar-refractivity contribution in [1.82, 2.24) is 9.80 Å². The van der Waals surface area contributed by atoms with Crippen molar-refractivity contribution >= 4 is 22.4 Å². The zero-order chi connectivity index (χ0) is 13.1. The minimum Gasteiger partial charge on any atom is -0.444 e. The highest BCUT2D eigenvalue weighted by Gasteiger charge is 2.25. The molecule has 0 aromatic carbocycles. The number of piperazine rings is 1. The average Bonchev–Trinajstić information content (AvgIpc) is 2.15. The molecule has 0 bridgehead atoms. The predicted octanol–water partition coefficient (Wildman–Crippen LogP) is -0.509. The van der Waals surface area contributed by atoms with Crippen LogP contribution in [0.15, 0.2) is 0 Å². The van der Waals surface area contributed by atoms with Gasteiger partial charge in [0, 0.05) is 37.7 Å². The molecular formula is C11H23AlN2O3. The van der Waals surface area contributed by atoms with Crippen LogP contribution >= 0.6 is 0 Å². The van der Waals surface area contributed by atoms with E-state index in [-0.39, 0.29) is 11.1 Å². The first-order valence-corrected chi connectivity index (χ1v) is 7.32. The van der Waals surface area contributed by atoms with Gasteiger partial charge in [-0.1, -0.05) is 0 Å². The smallest absolute Gasteiger partial charge is 0.410 e. The van der Waals surface area contributed by atoms with Gasteiger partial charge in [0.15, 0.2) is 0 Å². The summed E-state index contributed by atoms with van der Waals surface area (Å²) in [6, 6.07) is 0. The number of rotatable bonds is 2. The highest BCUT2D eigenvalue weighted by Crippen LogP contribution is 2.11. The molecule has 5 nitrogen and oxygen atoms in total. The van der Waals surface area contributed by atoms with Crippen molar-refractivity contribution in [2.45, 2.75) is 31.3 Å². The van der Waals surface area contributed by atoms with Crippen LogP contribution < -0.4 is 0 Å². The van der Waals surface area contributed by atoms with Gasteiger partial charge in [-0.25, -0.2) is 4.79 Å². The molecule has 1 aliphatic heterocycles. The van der Waals surface area contributed by atoms with Crippen LogP contribution in [0.5, 0.6) is 0 Å². The number of ether oxygens (including phenoxy) is 1. The number of carbonyl (C=O) groups excluding carboxylic acids is 1. The number of hydrogen-bond acceptors (Lipinski definition) is 4. The van der Waals surface area contributed by atoms with Crippen molar-refractivity contribution < 1.29 is 14.6 Å². The van der Waals surface area contributed by atoms with E-state index in [1.807, 2.05) is 20.8 Å². The van der Waals surface area contributed by atoms with Crippen molar-refractivity contribution in [1.29, 1.82) is 0 Å². The Hall–Kier alpha value is -0.278. The molecule has 0 spiro atoms. The number of β-amino-alcohol motifs (C(OH)–C–C–N with tert-alkyl or cyclic N) is 1. The molecule has 1 N–H and O–H groups in total. The Morgan fingerprint density at radius 1 is 1.35 bits per heavy atom. The zero-order valence-electron chi connectivity index (χ0n) is 11.3. The molecule has 1 atom stereocenters. The van der Waals surface area contributed by atoms with E-state index in [0.717, 1.165) is 35.9 Å². The monoisotopic (exact) mass is 258 g/mol. The molecule has 1 fully saturated rings. The third-order valence-electron chi connectivity index (χ3n) is 2.55. The molecule has 1 saturated heterocycles. The summed E-state index contributed by atoms with van der Waals surface area (Å²) in [7, 11) is 0. The molecule has 6 heteroatoms. The van der Waals surface area contributed by atoms with Crippen molar-refractivity contribution in [3.05, 3.63) is 0 Å². The van der Waals surface area contributed by atoms with E-state index in [2.05, 4.69) is 4.90 Å². The normalized spacial score (nSPS) is 20.1. The second kappa shape index (κ2) is 6.06. The molecule has 1 amide bonds. The number of amides is 1. The summed E-state index contributed by atoms with van der Waals surface area (Å²) in [5.74, 6) is 0. The summed E-state index contributed by atoms with van der Waals surface area (Å²) in [5.41, 5.74) is -0.431. The fourth-order valence-corrected chi connectivity index (χ4v) is 2.33. The summed E-state index contributed by atoms with van der Waals surface area (Å²) in [6.45, 7) is 9.36. The summed E-state index contributed by atoms with van der Waals surface area (Å²) < 4.78 is 5.32. The lowest BCUT2D eigenvalue weighted by molar-refractivity contribution is 0.0127. The maximum absolute atomic E-state index is 11.8. The van der Waals surface area contributed by atoms with Crippen LogP contribution in [-0.4, -0.2) is 80.6 Å². The molecule has 0 saturated carbocycles. The van der Waals surface area contributed by atoms with Crippen LogP contribution in [-0.2, 0) is 4.74 Å². The topological polar surface area (TPSA) is 53.0 Å². The highest BCUT2D eigenvalue weighted by atomic mass is 27.0. The van der Waals surface area contributed by atoms with Crippen LogP contribution in [0.4, 0.5) is 4.79 Å². The van der Waals surface area contributed by atoms with Gasteiger partial charge in [0.1, 0.15) is 5.60 Å². The van der Waals surface area contributed by atoms with Gasteiger partial charge < -0.3 is 14.7 Å². The van der Waals surface area contributed by atoms with E-state index in [4.69, 9.17) is 4.74 Å². The van der Waals surface area contributed by atoms with Gasteiger partial charge in [-0.2, -0.15) is 0 Å². The van der Waals surface area contributed by atoms with Gasteiger partial charge in [-0.3, -0.25) is 4.90 Å². The fraction of sp³-hybridized carbons (Fsp3) is 0.909. The number of aliphatic hydroxyl groups excluding tert-OH is 1. The Balaban J connectivity index is 2.34. The zero-order valence-corrected chi connectivity index (χ0v) is 13.3. The first kappa shape index (κ1) is 14.8. The maximum atomic E-state index is 11.8. The van der Waals surface area contributed by atoms with E-state index < -0.39 is 5.60 Å². The van der Waals surface area contributed by atoms with Crippen LogP contribution in [0.25, 0.3) is 0 Å². The lowest BCUT2D eigenvalue weighted by Gasteiger charge is -2.36. The van der Waals surface area contributed by atoms with E-state index in [0.29, 0.717) is 13.1 Å². The molecule has 0 radical (unpaired) electrons. The molecule has 0 aromatic rings. The lowest BCUT2D eigenvalue weighted by atomic mass is 10.2. The summed E-state index contributed by atoms with van der Waals surface area (Å²) in [6.07, 6.45) is -0.233. The standard InChI is InChI=1S/C11H21N2O3.Al.2H/c1-11(2,3)16-10(15)13-6-4-12(5-7-13)8-9-14;;;/h9,14H,4-8H2,1-3H3;;;. The quantitative estimate of drug-likeness (QED) is 0.678. The first-order valence-electron chi connectivity index (χ1n) is 6.16. The van der Waals surface area contributed by atoms with Gasteiger partial charge in [-0.05, 0) is 20.8 Å². The number of hydrogen-bond donors (Lipinski definition) is 1. The number of carbonyl (C=O) groups is 1. The molecule has 0 aromatic heterocycles. The van der Waals surface area contributed by atoms with Crippen LogP contribution in [0.2, 0.25) is 0 Å². The third-order valence-corrected chi connectivity index (χ3v) is 2.91. The predicted molar refractivity (Wildman–Crippen MR) is 68.8 cm³/mol. The van der Waals surface area contributed by atoms with Gasteiger partial charge in [0.05, 0.1) is 0 Å². The van der Waals surface area contributed by atoms with Crippen LogP contribution in [0, 0.1) is 0 Å². The highest BCUT2D eigenvalue weighted by molar-refractivity contribution is 6.10. The van der Waals surface area contributed by atoms with Crippen LogP contribution in [0.1, 0.15) is 20.8 Å². The van der Waals surface area contributed by atoms with Gasteiger partial charge >= 0.3 is 6.09 Å². The van der Waals surface area contributed by atoms with E-state index in [1.165, 1.54) is 0 Å². The number of aliphatic hydroxyl groups is 1. The van der Waals surface area contributed by atoms with Gasteiger partial charge in [0.2, 0.25) is 0 Å². The van der Waals surface area contributed by atoms with Crippen molar-refractivity contribution in [2.75, 3.05) is 32.7 Å². The average molecular weight is 258 g/mol. The third kappa shape index (κ3) is 5.73. The summed E-state index contributed by atoms with van der Waals surface area (Å²) in [4.78, 5) is 15.5. The fourth-order valence-electron chi connectivity index (χ4n) is 1.81. The van der Waals surface area contributed by atoms with Crippen molar-refractivity contribution in [3.63, 3.8) is 0 Å². The molecule has 1 heterocycles. The molecule has 17 heavy (non-hydrogen) atoms. The Labute approximate surface area is 111 Å². The van der Waals surface area contributed by atoms with Gasteiger partial charge in [-0.15, -0.1) is 0 Å². The largest absolute Gasteiger partial charge is 0.444 e. The minimum atomic E-state index is -0.431. The minimum absolute atomic E-state index is 0.178. The second-order valence-electron chi connectivity index (χ2n) is 5.62. The SMILES string of the molecule is CC(C)(C)OC(=O)N1CCN(C[CH](O)[AlH2])CC1. The Bertz CT molecular complexity index is 258. The molecular weight excluding hydrogens is 235 g/mol. The molecule has 98 valence electrons. The molecule has 1 unspecified atom stereocenters. The summed E-state index contributed by atoms with van der Waals surface area (Å²) >= 11 is 0.797. The summed E-state index contributed by atoms with van der Waals surface area (Å²) in [5, 5.41) is 9.35. The Morgan fingerprint density at radius 2 is 1.88 bits per heavy atom. The second-order valence-corrected chi connectivity index (χ2v) is 6.95. The molecule has 0 aliphatic carbocycles. The Kier molecular flexibility index (Phi) is 5.27. The van der Waals surface area contributed by atoms with E-state index in [1.54, 1.807) is 4.90 Å². The Morgan fingerprint density at radius 3 is 2.29 bits per heavy atom. The van der Waals surface area contributed by atoms with Gasteiger partial charge in [0.25, 0.3) is 16.3 Å². The van der Waals surface area contributed by atoms with Crippen molar-refractivity contribution in [2.24, 2.45) is 0 Å². The van der Waals surface area contributed by atoms with E-state index >= 15 is 0 Å². The van der Waals surface area contributed by atoms with Crippen molar-refractivity contribution in [3.8, 4) is 0 Å². The maximum Gasteiger partial charge on any atom is 0.410 e. The van der Waals surface area contributed by atoms with E-state index in [9.17, 15) is 9.90 Å². The molecule has 1 aliphatic rings. The first-order chi connectivity index (χ1) is 7.78. The number of nitrogens with zero attached hydrogens (tertiary/aromatic N) is 2. The lowest BCUT2D eigenvalue weighted by Crippen LogP contribution is -2.51. The van der Waals surface area contributed by atoms with Crippen LogP contribution in [0.3, 0.4) is 0 Å². The molecule has 1 rings (SSSR count).